The fourth-order valence-electron chi connectivity index (χ4n) is 4.51. The van der Waals surface area contributed by atoms with Crippen molar-refractivity contribution < 1.29 is 37.1 Å². The molecule has 1 N–H and O–H groups in total. The van der Waals surface area contributed by atoms with Crippen molar-refractivity contribution in [2.24, 2.45) is 5.92 Å². The van der Waals surface area contributed by atoms with Crippen LogP contribution in [-0.4, -0.2) is 27.3 Å². The maximum atomic E-state index is 14.1. The molecule has 182 valence electrons. The molecular formula is C25H26F3NO5. The van der Waals surface area contributed by atoms with Gasteiger partial charge in [-0.3, -0.25) is 4.79 Å². The van der Waals surface area contributed by atoms with Crippen molar-refractivity contribution in [3.63, 3.8) is 0 Å². The third-order valence-corrected chi connectivity index (χ3v) is 6.46. The zero-order chi connectivity index (χ0) is 24.6. The Morgan fingerprint density at radius 2 is 1.76 bits per heavy atom. The van der Waals surface area contributed by atoms with E-state index in [4.69, 9.17) is 13.9 Å². The molecule has 2 aromatic carbocycles. The molecule has 0 amide bonds. The monoisotopic (exact) mass is 477 g/mol. The number of alkyl halides is 3. The molecule has 1 saturated heterocycles. The van der Waals surface area contributed by atoms with Crippen molar-refractivity contribution in [3.05, 3.63) is 51.9 Å². The number of ether oxygens (including phenoxy) is 2. The van der Waals surface area contributed by atoms with Crippen LogP contribution in [0.1, 0.15) is 31.1 Å². The lowest BCUT2D eigenvalue weighted by atomic mass is 9.97. The van der Waals surface area contributed by atoms with Crippen LogP contribution in [0.25, 0.3) is 22.1 Å². The smallest absolute Gasteiger partial charge is 0.450 e. The van der Waals surface area contributed by atoms with E-state index in [1.165, 1.54) is 44.6 Å². The van der Waals surface area contributed by atoms with Gasteiger partial charge in [-0.2, -0.15) is 13.2 Å². The Kier molecular flexibility index (Phi) is 6.49. The minimum absolute atomic E-state index is 0.0241. The Morgan fingerprint density at radius 1 is 1.09 bits per heavy atom. The topological polar surface area (TPSA) is 76.2 Å². The third-order valence-electron chi connectivity index (χ3n) is 6.46. The molecule has 0 radical (unpaired) electrons. The van der Waals surface area contributed by atoms with E-state index >= 15 is 0 Å². The lowest BCUT2D eigenvalue weighted by molar-refractivity contribution is -0.919. The highest BCUT2D eigenvalue weighted by atomic mass is 19.4. The van der Waals surface area contributed by atoms with E-state index in [9.17, 15) is 23.1 Å². The summed E-state index contributed by atoms with van der Waals surface area (Å²) in [5.41, 5.74) is -1.71. The molecule has 1 aromatic heterocycles. The maximum Gasteiger partial charge on any atom is 0.450 e. The van der Waals surface area contributed by atoms with Gasteiger partial charge >= 0.3 is 6.18 Å². The second-order valence-electron chi connectivity index (χ2n) is 8.73. The van der Waals surface area contributed by atoms with Crippen molar-refractivity contribution >= 4 is 11.0 Å². The second-order valence-corrected chi connectivity index (χ2v) is 8.73. The van der Waals surface area contributed by atoms with Crippen molar-refractivity contribution in [1.29, 1.82) is 0 Å². The summed E-state index contributed by atoms with van der Waals surface area (Å²) >= 11 is 0. The van der Waals surface area contributed by atoms with Gasteiger partial charge in [-0.15, -0.1) is 0 Å². The molecular weight excluding hydrogens is 451 g/mol. The van der Waals surface area contributed by atoms with Gasteiger partial charge in [0.2, 0.25) is 11.2 Å². The number of fused-ring (bicyclic) bond motifs is 1. The molecule has 0 aliphatic carbocycles. The summed E-state index contributed by atoms with van der Waals surface area (Å²) in [6, 6.07) is 6.53. The Hall–Kier alpha value is -3.20. The van der Waals surface area contributed by atoms with E-state index in [2.05, 4.69) is 6.92 Å². The highest BCUT2D eigenvalue weighted by Crippen LogP contribution is 2.40. The van der Waals surface area contributed by atoms with Gasteiger partial charge in [0, 0.05) is 5.56 Å². The van der Waals surface area contributed by atoms with E-state index in [0.29, 0.717) is 11.7 Å². The molecule has 2 heterocycles. The fourth-order valence-corrected chi connectivity index (χ4v) is 4.51. The van der Waals surface area contributed by atoms with Gasteiger partial charge in [0.1, 0.15) is 12.1 Å². The summed E-state index contributed by atoms with van der Waals surface area (Å²) in [6.45, 7) is 3.96. The van der Waals surface area contributed by atoms with E-state index < -0.39 is 28.7 Å². The number of rotatable bonds is 5. The first-order valence-corrected chi connectivity index (χ1v) is 11.1. The number of nitrogens with one attached hydrogen (secondary N) is 1. The van der Waals surface area contributed by atoms with Gasteiger partial charge in [-0.1, -0.05) is 24.8 Å². The van der Waals surface area contributed by atoms with Crippen LogP contribution in [0.3, 0.4) is 0 Å². The number of hydrogen-bond acceptors (Lipinski definition) is 5. The van der Waals surface area contributed by atoms with Gasteiger partial charge in [0.15, 0.2) is 11.5 Å². The molecule has 1 aliphatic heterocycles. The predicted octanol–water partition coefficient (Wildman–Crippen LogP) is 3.38. The van der Waals surface area contributed by atoms with Crippen molar-refractivity contribution in [2.45, 2.75) is 32.5 Å². The number of piperidine rings is 1. The number of quaternary nitrogens is 1. The number of methoxy groups -OCH3 is 2. The lowest BCUT2D eigenvalue weighted by Crippen LogP contribution is -3.11. The lowest BCUT2D eigenvalue weighted by Gasteiger charge is -2.29. The molecule has 0 unspecified atom stereocenters. The van der Waals surface area contributed by atoms with E-state index in [0.717, 1.165) is 30.8 Å². The quantitative estimate of drug-likeness (QED) is 0.610. The van der Waals surface area contributed by atoms with Gasteiger partial charge < -0.3 is 23.9 Å². The minimum atomic E-state index is -4.96. The van der Waals surface area contributed by atoms with Gasteiger partial charge in [-0.05, 0) is 42.5 Å². The average Bonchev–Trinajstić information content (AvgIpc) is 2.81. The first-order chi connectivity index (χ1) is 16.1. The number of likely N-dealkylation sites (tertiary alicyclic amines) is 1. The zero-order valence-electron chi connectivity index (χ0n) is 19.2. The standard InChI is InChI=1S/C25H26F3NO5/c1-14-8-10-29(11-9-14)13-17-18(30)6-5-16-22(31)21(24(25(26,27)28)34-23(16)17)15-4-7-19(32-2)20(12-15)33-3/h4-7,12,14,30H,8-11,13H2,1-3H3. The summed E-state index contributed by atoms with van der Waals surface area (Å²) in [6.07, 6.45) is -3.02. The minimum Gasteiger partial charge on any atom is -0.872 e. The Bertz CT molecular complexity index is 1260. The first-order valence-electron chi connectivity index (χ1n) is 11.1. The molecule has 1 fully saturated rings. The maximum absolute atomic E-state index is 14.1. The van der Waals surface area contributed by atoms with E-state index in [-0.39, 0.29) is 34.4 Å². The molecule has 9 heteroatoms. The summed E-state index contributed by atoms with van der Waals surface area (Å²) in [5.74, 6) is -0.824. The molecule has 0 atom stereocenters. The SMILES string of the molecule is COc1ccc(-c2c(C(F)(F)F)oc3c(C[NH+]4CCC(C)CC4)c([O-])ccc3c2=O)cc1OC. The largest absolute Gasteiger partial charge is 0.872 e. The van der Waals surface area contributed by atoms with Crippen LogP contribution in [0.2, 0.25) is 0 Å². The van der Waals surface area contributed by atoms with E-state index in [1.54, 1.807) is 0 Å². The van der Waals surface area contributed by atoms with Crippen LogP contribution >= 0.6 is 0 Å². The number of hydrogen-bond donors (Lipinski definition) is 1. The van der Waals surface area contributed by atoms with Crippen LogP contribution in [0.15, 0.2) is 39.5 Å². The molecule has 0 saturated carbocycles. The van der Waals surface area contributed by atoms with Crippen molar-refractivity contribution in [2.75, 3.05) is 27.3 Å². The molecule has 0 spiro atoms. The average molecular weight is 477 g/mol. The highest BCUT2D eigenvalue weighted by Gasteiger charge is 2.40. The van der Waals surface area contributed by atoms with Crippen LogP contribution in [0.4, 0.5) is 13.2 Å². The fraction of sp³-hybridized carbons (Fsp3) is 0.400. The molecule has 34 heavy (non-hydrogen) atoms. The second kappa shape index (κ2) is 9.21. The molecule has 4 rings (SSSR count). The van der Waals surface area contributed by atoms with Crippen molar-refractivity contribution in [1.82, 2.24) is 0 Å². The van der Waals surface area contributed by atoms with Gasteiger partial charge in [0.25, 0.3) is 0 Å². The summed E-state index contributed by atoms with van der Waals surface area (Å²) in [5, 5.41) is 12.6. The summed E-state index contributed by atoms with van der Waals surface area (Å²) in [4.78, 5) is 14.5. The van der Waals surface area contributed by atoms with Crippen molar-refractivity contribution in [3.8, 4) is 28.4 Å². The zero-order valence-corrected chi connectivity index (χ0v) is 19.2. The molecule has 3 aromatic rings. The first kappa shape index (κ1) is 23.9. The Morgan fingerprint density at radius 3 is 2.38 bits per heavy atom. The third kappa shape index (κ3) is 4.44. The number of halogens is 3. The van der Waals surface area contributed by atoms with E-state index in [1.807, 2.05) is 0 Å². The van der Waals surface area contributed by atoms with Crippen LogP contribution < -0.4 is 24.9 Å². The van der Waals surface area contributed by atoms with Gasteiger partial charge in [-0.25, -0.2) is 0 Å². The Balaban J connectivity index is 1.93. The normalized spacial score (nSPS) is 18.8. The van der Waals surface area contributed by atoms with Gasteiger partial charge in [0.05, 0.1) is 38.3 Å². The molecule has 6 nitrogen and oxygen atoms in total. The highest BCUT2D eigenvalue weighted by molar-refractivity contribution is 5.87. The summed E-state index contributed by atoms with van der Waals surface area (Å²) in [7, 11) is 2.75. The predicted molar refractivity (Wildman–Crippen MR) is 118 cm³/mol. The molecule has 1 aliphatic rings. The molecule has 0 bridgehead atoms. The Labute approximate surface area is 194 Å². The van der Waals surface area contributed by atoms with Crippen LogP contribution in [-0.2, 0) is 12.7 Å². The summed E-state index contributed by atoms with van der Waals surface area (Å²) < 4.78 is 58.1. The van der Waals surface area contributed by atoms with Crippen LogP contribution in [0.5, 0.6) is 17.2 Å². The number of benzene rings is 2. The van der Waals surface area contributed by atoms with Crippen LogP contribution in [0, 0.1) is 5.92 Å².